The highest BCUT2D eigenvalue weighted by atomic mass is 16.2. The Labute approximate surface area is 185 Å². The highest BCUT2D eigenvalue weighted by molar-refractivity contribution is 5.88. The number of hydrogen-bond acceptors (Lipinski definition) is 2. The number of nitrogens with one attached hydrogen (secondary N) is 1. The molecule has 0 spiro atoms. The number of carbonyl (C=O) groups is 1. The Kier molecular flexibility index (Phi) is 5.86. The van der Waals surface area contributed by atoms with Crippen LogP contribution in [0.3, 0.4) is 0 Å². The molecular weight excluding hydrogens is 380 g/mol. The van der Waals surface area contributed by atoms with Gasteiger partial charge in [-0.25, -0.2) is 0 Å². The number of carbonyl (C=O) groups excluding carboxylic acids is 1. The van der Waals surface area contributed by atoms with Crippen LogP contribution in [-0.2, 0) is 24.1 Å². The molecule has 0 saturated carbocycles. The second kappa shape index (κ2) is 9.07. The van der Waals surface area contributed by atoms with Gasteiger partial charge in [-0.3, -0.25) is 4.79 Å². The van der Waals surface area contributed by atoms with E-state index in [0.717, 1.165) is 45.3 Å². The topological polar surface area (TPSA) is 32.3 Å². The molecule has 1 heterocycles. The number of hydrogen-bond donors (Lipinski definition) is 1. The SMILES string of the molecule is O=C(N[C@H]1CCN(CCc2ccccc2)C1)C1c2ccccc2CCc2ccccc21. The Balaban J connectivity index is 1.28. The molecule has 0 bridgehead atoms. The quantitative estimate of drug-likeness (QED) is 0.678. The molecule has 3 aromatic rings. The summed E-state index contributed by atoms with van der Waals surface area (Å²) in [5.41, 5.74) is 6.32. The number of aryl methyl sites for hydroxylation is 2. The smallest absolute Gasteiger partial charge is 0.232 e. The molecule has 3 aromatic carbocycles. The van der Waals surface area contributed by atoms with E-state index < -0.39 is 0 Å². The molecule has 1 saturated heterocycles. The third-order valence-corrected chi connectivity index (χ3v) is 6.84. The molecule has 0 unspecified atom stereocenters. The van der Waals surface area contributed by atoms with Crippen LogP contribution in [-0.4, -0.2) is 36.5 Å². The number of rotatable bonds is 5. The number of likely N-dealkylation sites (tertiary alicyclic amines) is 1. The standard InChI is InChI=1S/C28H30N2O/c31-28(29-24-17-19-30(20-24)18-16-21-8-2-1-3-9-21)27-25-12-6-4-10-22(25)14-15-23-11-5-7-13-26(23)27/h1-13,24,27H,14-20H2,(H,29,31)/t24-/m0/s1. The molecule has 1 aliphatic carbocycles. The van der Waals surface area contributed by atoms with Crippen molar-refractivity contribution in [3.63, 3.8) is 0 Å². The van der Waals surface area contributed by atoms with Crippen LogP contribution in [0, 0.1) is 0 Å². The van der Waals surface area contributed by atoms with Gasteiger partial charge in [0.15, 0.2) is 0 Å². The molecule has 1 aliphatic heterocycles. The number of nitrogens with zero attached hydrogens (tertiary/aromatic N) is 1. The summed E-state index contributed by atoms with van der Waals surface area (Å²) in [7, 11) is 0. The first-order chi connectivity index (χ1) is 15.3. The lowest BCUT2D eigenvalue weighted by atomic mass is 9.87. The molecule has 2 aliphatic rings. The molecule has 5 rings (SSSR count). The minimum atomic E-state index is -0.215. The van der Waals surface area contributed by atoms with Gasteiger partial charge in [-0.1, -0.05) is 78.9 Å². The second-order valence-corrected chi connectivity index (χ2v) is 8.86. The Hall–Kier alpha value is -2.91. The van der Waals surface area contributed by atoms with E-state index in [2.05, 4.69) is 89.1 Å². The highest BCUT2D eigenvalue weighted by Gasteiger charge is 2.32. The van der Waals surface area contributed by atoms with E-state index in [-0.39, 0.29) is 17.9 Å². The fourth-order valence-corrected chi connectivity index (χ4v) is 5.18. The fraction of sp³-hybridized carbons (Fsp3) is 0.321. The van der Waals surface area contributed by atoms with E-state index in [4.69, 9.17) is 0 Å². The molecule has 1 atom stereocenters. The molecule has 1 fully saturated rings. The Morgan fingerprint density at radius 3 is 2.13 bits per heavy atom. The average Bonchev–Trinajstić information content (AvgIpc) is 3.18. The average molecular weight is 411 g/mol. The van der Waals surface area contributed by atoms with Gasteiger partial charge in [-0.2, -0.15) is 0 Å². The van der Waals surface area contributed by atoms with Crippen LogP contribution < -0.4 is 5.32 Å². The second-order valence-electron chi connectivity index (χ2n) is 8.86. The monoisotopic (exact) mass is 410 g/mol. The maximum atomic E-state index is 13.6. The minimum Gasteiger partial charge on any atom is -0.351 e. The molecule has 0 aromatic heterocycles. The lowest BCUT2D eigenvalue weighted by Crippen LogP contribution is -2.40. The highest BCUT2D eigenvalue weighted by Crippen LogP contribution is 2.34. The van der Waals surface area contributed by atoms with Gasteiger partial charge >= 0.3 is 0 Å². The van der Waals surface area contributed by atoms with Crippen LogP contribution in [0.5, 0.6) is 0 Å². The molecule has 1 N–H and O–H groups in total. The van der Waals surface area contributed by atoms with E-state index in [1.807, 2.05) is 0 Å². The zero-order valence-corrected chi connectivity index (χ0v) is 18.0. The van der Waals surface area contributed by atoms with Crippen molar-refractivity contribution >= 4 is 5.91 Å². The van der Waals surface area contributed by atoms with E-state index in [1.54, 1.807) is 0 Å². The summed E-state index contributed by atoms with van der Waals surface area (Å²) < 4.78 is 0. The summed E-state index contributed by atoms with van der Waals surface area (Å²) in [5.74, 6) is -0.0648. The first kappa shape index (κ1) is 20.0. The lowest BCUT2D eigenvalue weighted by Gasteiger charge is -2.23. The van der Waals surface area contributed by atoms with Gasteiger partial charge in [0.25, 0.3) is 0 Å². The fourth-order valence-electron chi connectivity index (χ4n) is 5.18. The van der Waals surface area contributed by atoms with E-state index in [1.165, 1.54) is 27.8 Å². The van der Waals surface area contributed by atoms with Crippen LogP contribution in [0.4, 0.5) is 0 Å². The van der Waals surface area contributed by atoms with Gasteiger partial charge in [0, 0.05) is 25.7 Å². The van der Waals surface area contributed by atoms with Crippen molar-refractivity contribution in [3.8, 4) is 0 Å². The van der Waals surface area contributed by atoms with Crippen molar-refractivity contribution in [2.75, 3.05) is 19.6 Å². The molecule has 3 heteroatoms. The van der Waals surface area contributed by atoms with Crippen LogP contribution >= 0.6 is 0 Å². The largest absolute Gasteiger partial charge is 0.351 e. The first-order valence-electron chi connectivity index (χ1n) is 11.5. The Morgan fingerprint density at radius 1 is 0.839 bits per heavy atom. The molecule has 158 valence electrons. The normalized spacial score (nSPS) is 18.8. The predicted octanol–water partition coefficient (Wildman–Crippen LogP) is 4.35. The number of benzene rings is 3. The van der Waals surface area contributed by atoms with Crippen molar-refractivity contribution in [2.24, 2.45) is 0 Å². The zero-order valence-electron chi connectivity index (χ0n) is 18.0. The Morgan fingerprint density at radius 2 is 1.45 bits per heavy atom. The summed E-state index contributed by atoms with van der Waals surface area (Å²) in [6.07, 6.45) is 4.07. The van der Waals surface area contributed by atoms with Gasteiger partial charge in [-0.05, 0) is 53.5 Å². The molecule has 1 amide bonds. The molecule has 0 radical (unpaired) electrons. The minimum absolute atomic E-state index is 0.150. The summed E-state index contributed by atoms with van der Waals surface area (Å²) in [5, 5.41) is 3.41. The van der Waals surface area contributed by atoms with Crippen LogP contribution in [0.1, 0.15) is 40.2 Å². The van der Waals surface area contributed by atoms with Crippen LogP contribution in [0.25, 0.3) is 0 Å². The summed E-state index contributed by atoms with van der Waals surface area (Å²) >= 11 is 0. The first-order valence-corrected chi connectivity index (χ1v) is 11.5. The summed E-state index contributed by atoms with van der Waals surface area (Å²) in [6, 6.07) is 27.8. The third-order valence-electron chi connectivity index (χ3n) is 6.84. The maximum absolute atomic E-state index is 13.6. The summed E-state index contributed by atoms with van der Waals surface area (Å²) in [6.45, 7) is 3.04. The van der Waals surface area contributed by atoms with Gasteiger partial charge < -0.3 is 10.2 Å². The van der Waals surface area contributed by atoms with Gasteiger partial charge in [0.2, 0.25) is 5.91 Å². The van der Waals surface area contributed by atoms with Crippen molar-refractivity contribution in [1.29, 1.82) is 0 Å². The predicted molar refractivity (Wildman–Crippen MR) is 125 cm³/mol. The van der Waals surface area contributed by atoms with Crippen LogP contribution in [0.2, 0.25) is 0 Å². The maximum Gasteiger partial charge on any atom is 0.232 e. The van der Waals surface area contributed by atoms with Crippen molar-refractivity contribution in [2.45, 2.75) is 37.6 Å². The zero-order chi connectivity index (χ0) is 21.0. The van der Waals surface area contributed by atoms with E-state index in [0.29, 0.717) is 0 Å². The molecular formula is C28H30N2O. The van der Waals surface area contributed by atoms with Crippen molar-refractivity contribution in [3.05, 3.63) is 107 Å². The van der Waals surface area contributed by atoms with E-state index in [9.17, 15) is 4.79 Å². The third kappa shape index (κ3) is 4.42. The lowest BCUT2D eigenvalue weighted by molar-refractivity contribution is -0.122. The molecule has 3 nitrogen and oxygen atoms in total. The van der Waals surface area contributed by atoms with Crippen molar-refractivity contribution in [1.82, 2.24) is 10.2 Å². The molecule has 31 heavy (non-hydrogen) atoms. The van der Waals surface area contributed by atoms with Crippen LogP contribution in [0.15, 0.2) is 78.9 Å². The summed E-state index contributed by atoms with van der Waals surface area (Å²) in [4.78, 5) is 16.1. The number of amides is 1. The van der Waals surface area contributed by atoms with Gasteiger partial charge in [0.1, 0.15) is 0 Å². The van der Waals surface area contributed by atoms with Crippen molar-refractivity contribution < 1.29 is 4.79 Å². The van der Waals surface area contributed by atoms with Gasteiger partial charge in [-0.15, -0.1) is 0 Å². The number of fused-ring (bicyclic) bond motifs is 2. The van der Waals surface area contributed by atoms with E-state index >= 15 is 0 Å². The Bertz CT molecular complexity index is 998. The van der Waals surface area contributed by atoms with Gasteiger partial charge in [0.05, 0.1) is 5.92 Å².